The van der Waals surface area contributed by atoms with E-state index in [9.17, 15) is 0 Å². The van der Waals surface area contributed by atoms with Crippen LogP contribution in [0.5, 0.6) is 0 Å². The van der Waals surface area contributed by atoms with Gasteiger partial charge < -0.3 is 5.73 Å². The van der Waals surface area contributed by atoms with Gasteiger partial charge >= 0.3 is 0 Å². The first-order valence-corrected chi connectivity index (χ1v) is 5.60. The van der Waals surface area contributed by atoms with Gasteiger partial charge in [-0.15, -0.1) is 11.8 Å². The number of rotatable bonds is 3. The van der Waals surface area contributed by atoms with Gasteiger partial charge in [0.05, 0.1) is 10.7 Å². The minimum atomic E-state index is 0.203. The predicted molar refractivity (Wildman–Crippen MR) is 57.1 cm³/mol. The van der Waals surface area contributed by atoms with Crippen LogP contribution in [0.3, 0.4) is 0 Å². The van der Waals surface area contributed by atoms with Crippen LogP contribution in [0, 0.1) is 6.92 Å². The topological polar surface area (TPSA) is 43.8 Å². The predicted octanol–water partition coefficient (Wildman–Crippen LogP) is 1.34. The third kappa shape index (κ3) is 2.25. The van der Waals surface area contributed by atoms with Gasteiger partial charge in [0.15, 0.2) is 0 Å². The molecule has 1 unspecified atom stereocenters. The molecule has 0 saturated carbocycles. The van der Waals surface area contributed by atoms with Crippen molar-refractivity contribution in [2.45, 2.75) is 31.3 Å². The quantitative estimate of drug-likeness (QED) is 0.747. The van der Waals surface area contributed by atoms with Crippen molar-refractivity contribution in [3.05, 3.63) is 11.3 Å². The van der Waals surface area contributed by atoms with Crippen LogP contribution in [0.4, 0.5) is 0 Å². The van der Waals surface area contributed by atoms with Gasteiger partial charge in [0, 0.05) is 18.7 Å². The minimum absolute atomic E-state index is 0.203. The fraction of sp³-hybridized carbons (Fsp3) is 0.667. The van der Waals surface area contributed by atoms with E-state index in [0.29, 0.717) is 0 Å². The Bertz CT molecular complexity index is 291. The van der Waals surface area contributed by atoms with Crippen molar-refractivity contribution in [2.75, 3.05) is 6.26 Å². The van der Waals surface area contributed by atoms with E-state index in [0.717, 1.165) is 12.1 Å². The molecule has 1 atom stereocenters. The Labute approximate surface area is 83.7 Å². The highest BCUT2D eigenvalue weighted by Gasteiger charge is 2.13. The second-order valence-electron chi connectivity index (χ2n) is 3.38. The van der Waals surface area contributed by atoms with Crippen LogP contribution < -0.4 is 5.73 Å². The average molecular weight is 199 g/mol. The van der Waals surface area contributed by atoms with Gasteiger partial charge in [-0.3, -0.25) is 4.68 Å². The Morgan fingerprint density at radius 3 is 2.69 bits per heavy atom. The second-order valence-corrected chi connectivity index (χ2v) is 4.17. The molecule has 0 radical (unpaired) electrons. The van der Waals surface area contributed by atoms with Crippen molar-refractivity contribution in [1.29, 1.82) is 0 Å². The second kappa shape index (κ2) is 4.15. The number of aryl methyl sites for hydroxylation is 2. The molecule has 13 heavy (non-hydrogen) atoms. The van der Waals surface area contributed by atoms with E-state index in [2.05, 4.69) is 11.4 Å². The molecule has 0 amide bonds. The third-order valence-corrected chi connectivity index (χ3v) is 2.91. The molecule has 0 fully saturated rings. The van der Waals surface area contributed by atoms with Crippen LogP contribution in [-0.4, -0.2) is 22.1 Å². The summed E-state index contributed by atoms with van der Waals surface area (Å²) in [6.45, 7) is 4.06. The van der Waals surface area contributed by atoms with Crippen molar-refractivity contribution in [1.82, 2.24) is 9.78 Å². The van der Waals surface area contributed by atoms with Gasteiger partial charge in [-0.25, -0.2) is 0 Å². The highest BCUT2D eigenvalue weighted by Crippen LogP contribution is 2.23. The summed E-state index contributed by atoms with van der Waals surface area (Å²) >= 11 is 1.73. The Kier molecular flexibility index (Phi) is 3.39. The zero-order valence-corrected chi connectivity index (χ0v) is 9.48. The van der Waals surface area contributed by atoms with Gasteiger partial charge in [-0.1, -0.05) is 0 Å². The van der Waals surface area contributed by atoms with E-state index in [1.165, 1.54) is 10.6 Å². The molecule has 0 aromatic carbocycles. The molecule has 2 N–H and O–H groups in total. The first-order valence-electron chi connectivity index (χ1n) is 4.38. The van der Waals surface area contributed by atoms with E-state index >= 15 is 0 Å². The highest BCUT2D eigenvalue weighted by atomic mass is 32.2. The Balaban J connectivity index is 3.02. The minimum Gasteiger partial charge on any atom is -0.328 e. The van der Waals surface area contributed by atoms with Crippen molar-refractivity contribution < 1.29 is 0 Å². The van der Waals surface area contributed by atoms with Crippen LogP contribution in [0.15, 0.2) is 5.03 Å². The van der Waals surface area contributed by atoms with Crippen molar-refractivity contribution in [3.63, 3.8) is 0 Å². The molecular weight excluding hydrogens is 182 g/mol. The lowest BCUT2D eigenvalue weighted by Crippen LogP contribution is -2.18. The number of nitrogens with two attached hydrogens (primary N) is 1. The van der Waals surface area contributed by atoms with Crippen molar-refractivity contribution in [3.8, 4) is 0 Å². The summed E-state index contributed by atoms with van der Waals surface area (Å²) in [5.74, 6) is 0. The third-order valence-electron chi connectivity index (χ3n) is 2.01. The lowest BCUT2D eigenvalue weighted by molar-refractivity contribution is 0.678. The van der Waals surface area contributed by atoms with Gasteiger partial charge in [0.1, 0.15) is 0 Å². The largest absolute Gasteiger partial charge is 0.328 e. The molecule has 3 nitrogen and oxygen atoms in total. The van der Waals surface area contributed by atoms with Gasteiger partial charge in [-0.2, -0.15) is 5.10 Å². The number of aromatic nitrogens is 2. The summed E-state index contributed by atoms with van der Waals surface area (Å²) in [5.41, 5.74) is 8.18. The van der Waals surface area contributed by atoms with Gasteiger partial charge in [-0.05, 0) is 26.5 Å². The molecule has 0 aliphatic carbocycles. The standard InChI is InChI=1S/C9H17N3S/c1-6(10)5-8-7(2)11-12(3)9(8)13-4/h6H,5,10H2,1-4H3. The average Bonchev–Trinajstić information content (AvgIpc) is 2.26. The summed E-state index contributed by atoms with van der Waals surface area (Å²) in [4.78, 5) is 0. The first-order chi connectivity index (χ1) is 6.06. The lowest BCUT2D eigenvalue weighted by atomic mass is 10.1. The number of hydrogen-bond donors (Lipinski definition) is 1. The summed E-state index contributed by atoms with van der Waals surface area (Å²) in [6.07, 6.45) is 2.98. The van der Waals surface area contributed by atoms with Crippen molar-refractivity contribution >= 4 is 11.8 Å². The molecule has 0 saturated heterocycles. The van der Waals surface area contributed by atoms with Crippen molar-refractivity contribution in [2.24, 2.45) is 12.8 Å². The van der Waals surface area contributed by atoms with E-state index in [4.69, 9.17) is 5.73 Å². The first kappa shape index (κ1) is 10.6. The Morgan fingerprint density at radius 1 is 1.62 bits per heavy atom. The summed E-state index contributed by atoms with van der Waals surface area (Å²) in [5, 5.41) is 5.61. The zero-order chi connectivity index (χ0) is 10.0. The monoisotopic (exact) mass is 199 g/mol. The molecule has 0 aliphatic rings. The normalized spacial score (nSPS) is 13.3. The van der Waals surface area contributed by atoms with Crippen LogP contribution in [0.1, 0.15) is 18.2 Å². The fourth-order valence-electron chi connectivity index (χ4n) is 1.49. The summed E-state index contributed by atoms with van der Waals surface area (Å²) in [7, 11) is 1.98. The maximum absolute atomic E-state index is 5.78. The van der Waals surface area contributed by atoms with E-state index in [1.807, 2.05) is 25.6 Å². The van der Waals surface area contributed by atoms with E-state index in [-0.39, 0.29) is 6.04 Å². The number of thioether (sulfide) groups is 1. The Morgan fingerprint density at radius 2 is 2.23 bits per heavy atom. The smallest absolute Gasteiger partial charge is 0.0969 e. The fourth-order valence-corrected chi connectivity index (χ4v) is 2.28. The molecule has 1 heterocycles. The summed E-state index contributed by atoms with van der Waals surface area (Å²) < 4.78 is 1.93. The molecule has 0 bridgehead atoms. The van der Waals surface area contributed by atoms with Gasteiger partial charge in [0.25, 0.3) is 0 Å². The van der Waals surface area contributed by atoms with E-state index < -0.39 is 0 Å². The molecule has 4 heteroatoms. The van der Waals surface area contributed by atoms with Crippen LogP contribution in [0.25, 0.3) is 0 Å². The zero-order valence-electron chi connectivity index (χ0n) is 8.66. The molecular formula is C9H17N3S. The number of hydrogen-bond acceptors (Lipinski definition) is 3. The van der Waals surface area contributed by atoms with Gasteiger partial charge in [0.2, 0.25) is 0 Å². The molecule has 0 aliphatic heterocycles. The molecule has 0 spiro atoms. The highest BCUT2D eigenvalue weighted by molar-refractivity contribution is 7.98. The molecule has 74 valence electrons. The molecule has 1 aromatic rings. The van der Waals surface area contributed by atoms with Crippen LogP contribution in [-0.2, 0) is 13.5 Å². The molecule has 1 rings (SSSR count). The lowest BCUT2D eigenvalue weighted by Gasteiger charge is -2.06. The maximum Gasteiger partial charge on any atom is 0.0969 e. The maximum atomic E-state index is 5.78. The van der Waals surface area contributed by atoms with E-state index in [1.54, 1.807) is 11.8 Å². The van der Waals surface area contributed by atoms with Crippen LogP contribution in [0.2, 0.25) is 0 Å². The van der Waals surface area contributed by atoms with Crippen LogP contribution >= 0.6 is 11.8 Å². The SMILES string of the molecule is CSc1c(CC(C)N)c(C)nn1C. The summed E-state index contributed by atoms with van der Waals surface area (Å²) in [6, 6.07) is 0.203. The number of nitrogens with zero attached hydrogens (tertiary/aromatic N) is 2. The molecule has 1 aromatic heterocycles. The Hall–Kier alpha value is -0.480.